The molecule has 0 aromatic heterocycles. The largest absolute Gasteiger partial charge is 0.356 e. The third-order valence-electron chi connectivity index (χ3n) is 3.38. The van der Waals surface area contributed by atoms with Crippen molar-refractivity contribution in [3.05, 3.63) is 34.9 Å². The van der Waals surface area contributed by atoms with Gasteiger partial charge < -0.3 is 10.2 Å². The lowest BCUT2D eigenvalue weighted by Crippen LogP contribution is -2.34. The smallest absolute Gasteiger partial charge is 0.221 e. The van der Waals surface area contributed by atoms with Crippen molar-refractivity contribution in [2.75, 3.05) is 13.1 Å². The van der Waals surface area contributed by atoms with Crippen LogP contribution in [-0.4, -0.2) is 29.8 Å². The first-order valence-electron chi connectivity index (χ1n) is 7.65. The second-order valence-electron chi connectivity index (χ2n) is 5.85. The summed E-state index contributed by atoms with van der Waals surface area (Å²) in [6, 6.07) is 7.38. The fourth-order valence-corrected chi connectivity index (χ4v) is 2.11. The third kappa shape index (κ3) is 7.46. The van der Waals surface area contributed by atoms with Gasteiger partial charge in [-0.1, -0.05) is 37.6 Å². The molecule has 2 amide bonds. The topological polar surface area (TPSA) is 49.4 Å². The van der Waals surface area contributed by atoms with Gasteiger partial charge in [0.15, 0.2) is 0 Å². The molecule has 1 rings (SSSR count). The average molecular weight is 325 g/mol. The highest BCUT2D eigenvalue weighted by Gasteiger charge is 2.12. The highest BCUT2D eigenvalue weighted by Crippen LogP contribution is 2.12. The number of amides is 2. The second-order valence-corrected chi connectivity index (χ2v) is 6.29. The Morgan fingerprint density at radius 3 is 2.41 bits per heavy atom. The van der Waals surface area contributed by atoms with E-state index in [1.165, 1.54) is 6.92 Å². The Morgan fingerprint density at radius 2 is 1.86 bits per heavy atom. The van der Waals surface area contributed by atoms with Crippen molar-refractivity contribution in [3.63, 3.8) is 0 Å². The minimum Gasteiger partial charge on any atom is -0.356 e. The Balaban J connectivity index is 2.42. The van der Waals surface area contributed by atoms with Crippen molar-refractivity contribution in [2.45, 2.75) is 40.2 Å². The Hall–Kier alpha value is -1.55. The van der Waals surface area contributed by atoms with Crippen LogP contribution >= 0.6 is 11.6 Å². The molecule has 4 nitrogen and oxygen atoms in total. The summed E-state index contributed by atoms with van der Waals surface area (Å²) in [5, 5.41) is 3.55. The molecule has 0 saturated heterocycles. The minimum atomic E-state index is -0.0371. The Morgan fingerprint density at radius 1 is 1.23 bits per heavy atom. The SMILES string of the molecule is CC(=O)N(CCC(=O)NCCC(C)C)Cc1ccc(Cl)cc1. The van der Waals surface area contributed by atoms with Gasteiger partial charge in [-0.25, -0.2) is 0 Å². The number of carbonyl (C=O) groups excluding carboxylic acids is 2. The number of carbonyl (C=O) groups is 2. The molecule has 1 aromatic carbocycles. The van der Waals surface area contributed by atoms with E-state index in [1.807, 2.05) is 12.1 Å². The average Bonchev–Trinajstić information content (AvgIpc) is 2.44. The Kier molecular flexibility index (Phi) is 7.96. The van der Waals surface area contributed by atoms with Gasteiger partial charge >= 0.3 is 0 Å². The van der Waals surface area contributed by atoms with Crippen LogP contribution in [-0.2, 0) is 16.1 Å². The summed E-state index contributed by atoms with van der Waals surface area (Å²) in [6.07, 6.45) is 1.29. The lowest BCUT2D eigenvalue weighted by atomic mass is 10.1. The van der Waals surface area contributed by atoms with Crippen molar-refractivity contribution < 1.29 is 9.59 Å². The van der Waals surface area contributed by atoms with Gasteiger partial charge in [-0.2, -0.15) is 0 Å². The van der Waals surface area contributed by atoms with Gasteiger partial charge in [-0.05, 0) is 30.0 Å². The van der Waals surface area contributed by atoms with Crippen molar-refractivity contribution >= 4 is 23.4 Å². The van der Waals surface area contributed by atoms with Gasteiger partial charge in [-0.3, -0.25) is 9.59 Å². The van der Waals surface area contributed by atoms with Gasteiger partial charge in [-0.15, -0.1) is 0 Å². The predicted octanol–water partition coefficient (Wildman–Crippen LogP) is 3.24. The molecule has 0 spiro atoms. The molecule has 122 valence electrons. The normalized spacial score (nSPS) is 10.6. The quantitative estimate of drug-likeness (QED) is 0.798. The third-order valence-corrected chi connectivity index (χ3v) is 3.64. The van der Waals surface area contributed by atoms with Gasteiger partial charge in [0.1, 0.15) is 0 Å². The molecule has 0 bridgehead atoms. The van der Waals surface area contributed by atoms with E-state index in [2.05, 4.69) is 19.2 Å². The number of nitrogens with zero attached hydrogens (tertiary/aromatic N) is 1. The van der Waals surface area contributed by atoms with Gasteiger partial charge in [0.2, 0.25) is 11.8 Å². The molecule has 0 aliphatic carbocycles. The molecule has 22 heavy (non-hydrogen) atoms. The van der Waals surface area contributed by atoms with Crippen molar-refractivity contribution in [1.29, 1.82) is 0 Å². The zero-order valence-electron chi connectivity index (χ0n) is 13.6. The van der Waals surface area contributed by atoms with E-state index >= 15 is 0 Å². The summed E-state index contributed by atoms with van der Waals surface area (Å²) in [5.41, 5.74) is 1.000. The number of halogens is 1. The highest BCUT2D eigenvalue weighted by atomic mass is 35.5. The molecule has 0 fully saturated rings. The van der Waals surface area contributed by atoms with Gasteiger partial charge in [0.05, 0.1) is 0 Å². The van der Waals surface area contributed by atoms with Crippen LogP contribution < -0.4 is 5.32 Å². The van der Waals surface area contributed by atoms with E-state index in [0.29, 0.717) is 37.0 Å². The monoisotopic (exact) mass is 324 g/mol. The van der Waals surface area contributed by atoms with E-state index in [4.69, 9.17) is 11.6 Å². The van der Waals surface area contributed by atoms with Crippen LogP contribution in [0.3, 0.4) is 0 Å². The van der Waals surface area contributed by atoms with Crippen LogP contribution in [0, 0.1) is 5.92 Å². The van der Waals surface area contributed by atoms with Crippen LogP contribution in [0.2, 0.25) is 5.02 Å². The molecular formula is C17H25ClN2O2. The number of hydrogen-bond acceptors (Lipinski definition) is 2. The molecule has 0 radical (unpaired) electrons. The molecule has 0 heterocycles. The molecule has 1 N–H and O–H groups in total. The van der Waals surface area contributed by atoms with E-state index in [0.717, 1.165) is 12.0 Å². The van der Waals surface area contributed by atoms with Crippen LogP contribution in [0.1, 0.15) is 39.2 Å². The maximum atomic E-state index is 11.8. The second kappa shape index (κ2) is 9.46. The summed E-state index contributed by atoms with van der Waals surface area (Å²) in [5.74, 6) is 0.520. The van der Waals surface area contributed by atoms with Crippen LogP contribution in [0.25, 0.3) is 0 Å². The van der Waals surface area contributed by atoms with Crippen LogP contribution in [0.5, 0.6) is 0 Å². The van der Waals surface area contributed by atoms with E-state index in [1.54, 1.807) is 17.0 Å². The van der Waals surface area contributed by atoms with Gasteiger partial charge in [0, 0.05) is 38.0 Å². The molecule has 0 aliphatic rings. The van der Waals surface area contributed by atoms with Crippen LogP contribution in [0.15, 0.2) is 24.3 Å². The summed E-state index contributed by atoms with van der Waals surface area (Å²) < 4.78 is 0. The highest BCUT2D eigenvalue weighted by molar-refractivity contribution is 6.30. The predicted molar refractivity (Wildman–Crippen MR) is 89.6 cm³/mol. The van der Waals surface area contributed by atoms with E-state index in [9.17, 15) is 9.59 Å². The first kappa shape index (κ1) is 18.5. The van der Waals surface area contributed by atoms with Gasteiger partial charge in [0.25, 0.3) is 0 Å². The maximum absolute atomic E-state index is 11.8. The minimum absolute atomic E-state index is 0.0111. The molecule has 0 aliphatic heterocycles. The zero-order valence-corrected chi connectivity index (χ0v) is 14.3. The Bertz CT molecular complexity index is 486. The number of rotatable bonds is 8. The zero-order chi connectivity index (χ0) is 16.5. The molecule has 0 atom stereocenters. The maximum Gasteiger partial charge on any atom is 0.221 e. The summed E-state index contributed by atoms with van der Waals surface area (Å²) in [6.45, 7) is 7.36. The fraction of sp³-hybridized carbons (Fsp3) is 0.529. The van der Waals surface area contributed by atoms with E-state index in [-0.39, 0.29) is 11.8 Å². The van der Waals surface area contributed by atoms with Crippen LogP contribution in [0.4, 0.5) is 0 Å². The first-order chi connectivity index (χ1) is 10.4. The fourth-order valence-electron chi connectivity index (χ4n) is 1.98. The van der Waals surface area contributed by atoms with Crippen molar-refractivity contribution in [3.8, 4) is 0 Å². The standard InChI is InChI=1S/C17H25ClN2O2/c1-13(2)8-10-19-17(22)9-11-20(14(3)21)12-15-4-6-16(18)7-5-15/h4-7,13H,8-12H2,1-3H3,(H,19,22). The lowest BCUT2D eigenvalue weighted by Gasteiger charge is -2.21. The lowest BCUT2D eigenvalue weighted by molar-refractivity contribution is -0.130. The summed E-state index contributed by atoms with van der Waals surface area (Å²) >= 11 is 5.85. The molecule has 0 saturated carbocycles. The molecule has 5 heteroatoms. The summed E-state index contributed by atoms with van der Waals surface area (Å²) in [7, 11) is 0. The number of nitrogens with one attached hydrogen (secondary N) is 1. The number of hydrogen-bond donors (Lipinski definition) is 1. The van der Waals surface area contributed by atoms with E-state index < -0.39 is 0 Å². The molecule has 1 aromatic rings. The van der Waals surface area contributed by atoms with Crippen molar-refractivity contribution in [1.82, 2.24) is 10.2 Å². The Labute approximate surface area is 137 Å². The summed E-state index contributed by atoms with van der Waals surface area (Å²) in [4.78, 5) is 25.2. The molecular weight excluding hydrogens is 300 g/mol. The van der Waals surface area contributed by atoms with Crippen molar-refractivity contribution in [2.24, 2.45) is 5.92 Å². The first-order valence-corrected chi connectivity index (χ1v) is 8.03. The molecule has 0 unspecified atom stereocenters. The number of benzene rings is 1.